The molecule has 0 aliphatic heterocycles. The Balaban J connectivity index is -0.000000218. The summed E-state index contributed by atoms with van der Waals surface area (Å²) in [7, 11) is 0. The third-order valence-electron chi connectivity index (χ3n) is 0.929. The third kappa shape index (κ3) is 24.7. The molecule has 0 fully saturated rings. The summed E-state index contributed by atoms with van der Waals surface area (Å²) in [5, 5.41) is 2.41. The molecular weight excluding hydrogens is 166 g/mol. The number of nitrogens with one attached hydrogen (secondary N) is 1. The number of hydrogen-bond donors (Lipinski definition) is 1. The van der Waals surface area contributed by atoms with Crippen LogP contribution in [-0.2, 0) is 9.59 Å². The fourth-order valence-electron chi connectivity index (χ4n) is 0.348. The van der Waals surface area contributed by atoms with Crippen molar-refractivity contribution in [3.63, 3.8) is 0 Å². The van der Waals surface area contributed by atoms with Gasteiger partial charge in [0.15, 0.2) is 5.78 Å². The van der Waals surface area contributed by atoms with E-state index in [0.29, 0.717) is 6.42 Å². The van der Waals surface area contributed by atoms with Crippen molar-refractivity contribution in [3.05, 3.63) is 0 Å². The van der Waals surface area contributed by atoms with E-state index in [-0.39, 0.29) is 18.2 Å². The van der Waals surface area contributed by atoms with Crippen molar-refractivity contribution in [1.29, 1.82) is 0 Å². The zero-order chi connectivity index (χ0) is 11.3. The predicted molar refractivity (Wildman–Crippen MR) is 56.7 cm³/mol. The second-order valence-corrected chi connectivity index (χ2v) is 1.80. The summed E-state index contributed by atoms with van der Waals surface area (Å²) in [6, 6.07) is 0. The molecule has 1 amide bonds. The zero-order valence-electron chi connectivity index (χ0n) is 9.73. The first-order valence-electron chi connectivity index (χ1n) is 4.93. The maximum absolute atomic E-state index is 10.5. The minimum absolute atomic E-state index is 0.0604. The molecule has 0 atom stereocenters. The van der Waals surface area contributed by atoms with Crippen molar-refractivity contribution < 1.29 is 9.59 Å². The molecule has 0 heterocycles. The van der Waals surface area contributed by atoms with Gasteiger partial charge >= 0.3 is 0 Å². The van der Waals surface area contributed by atoms with E-state index in [4.69, 9.17) is 0 Å². The summed E-state index contributed by atoms with van der Waals surface area (Å²) in [6.45, 7) is 11.3. The largest absolute Gasteiger partial charge is 0.349 e. The highest BCUT2D eigenvalue weighted by Gasteiger charge is 1.96. The van der Waals surface area contributed by atoms with Gasteiger partial charge in [-0.05, 0) is 0 Å². The Hall–Kier alpha value is -0.860. The van der Waals surface area contributed by atoms with Gasteiger partial charge in [0.25, 0.3) is 0 Å². The number of hydrogen-bond acceptors (Lipinski definition) is 2. The topological polar surface area (TPSA) is 46.2 Å². The Kier molecular flexibility index (Phi) is 24.0. The van der Waals surface area contributed by atoms with Crippen molar-refractivity contribution in [3.8, 4) is 0 Å². The summed E-state index contributed by atoms with van der Waals surface area (Å²) in [6.07, 6.45) is 0.486. The Bertz CT molecular complexity index is 122. The maximum Gasteiger partial charge on any atom is 0.217 e. The lowest BCUT2D eigenvalue weighted by molar-refractivity contribution is -0.123. The predicted octanol–water partition coefficient (Wildman–Crippen LogP) is 2.15. The maximum atomic E-state index is 10.5. The highest BCUT2D eigenvalue weighted by atomic mass is 16.2. The van der Waals surface area contributed by atoms with E-state index in [2.05, 4.69) is 5.32 Å². The summed E-state index contributed by atoms with van der Waals surface area (Å²) in [4.78, 5) is 20.7. The van der Waals surface area contributed by atoms with Crippen LogP contribution in [0.3, 0.4) is 0 Å². The van der Waals surface area contributed by atoms with Crippen molar-refractivity contribution in [1.82, 2.24) is 5.32 Å². The molecule has 0 unspecified atom stereocenters. The highest BCUT2D eigenvalue weighted by Crippen LogP contribution is 1.76. The van der Waals surface area contributed by atoms with Crippen molar-refractivity contribution in [2.24, 2.45) is 0 Å². The average Bonchev–Trinajstić information content (AvgIpc) is 2.20. The van der Waals surface area contributed by atoms with Crippen LogP contribution in [0.5, 0.6) is 0 Å². The first-order chi connectivity index (χ1) is 6.16. The monoisotopic (exact) mass is 189 g/mol. The van der Waals surface area contributed by atoms with E-state index < -0.39 is 0 Å². The molecule has 13 heavy (non-hydrogen) atoms. The highest BCUT2D eigenvalue weighted by molar-refractivity contribution is 5.84. The van der Waals surface area contributed by atoms with Gasteiger partial charge in [0.05, 0.1) is 6.54 Å². The zero-order valence-corrected chi connectivity index (χ0v) is 9.73. The molecule has 0 saturated heterocycles. The fourth-order valence-corrected chi connectivity index (χ4v) is 0.348. The minimum atomic E-state index is -0.156. The van der Waals surface area contributed by atoms with E-state index in [9.17, 15) is 9.59 Å². The van der Waals surface area contributed by atoms with Crippen molar-refractivity contribution in [2.75, 3.05) is 6.54 Å². The van der Waals surface area contributed by atoms with Gasteiger partial charge in [-0.15, -0.1) is 0 Å². The Morgan fingerprint density at radius 2 is 1.46 bits per heavy atom. The lowest BCUT2D eigenvalue weighted by Gasteiger charge is -1.96. The van der Waals surface area contributed by atoms with Gasteiger partial charge in [-0.1, -0.05) is 34.6 Å². The normalized spacial score (nSPS) is 6.92. The number of ketones is 1. The summed E-state index contributed by atoms with van der Waals surface area (Å²) in [5.74, 6) is -0.0954. The number of Topliss-reactive ketones (excluding diaryl/α,β-unsaturated/α-hetero) is 1. The summed E-state index contributed by atoms with van der Waals surface area (Å²) >= 11 is 0. The van der Waals surface area contributed by atoms with Crippen LogP contribution in [0.25, 0.3) is 0 Å². The minimum Gasteiger partial charge on any atom is -0.349 e. The van der Waals surface area contributed by atoms with Crippen LogP contribution < -0.4 is 5.32 Å². The SMILES string of the molecule is CC.CC.CCC(=O)CNC(C)=O. The molecule has 0 aliphatic rings. The van der Waals surface area contributed by atoms with Gasteiger partial charge in [0.1, 0.15) is 0 Å². The van der Waals surface area contributed by atoms with Crippen LogP contribution in [0.2, 0.25) is 0 Å². The van der Waals surface area contributed by atoms with Crippen LogP contribution in [0.15, 0.2) is 0 Å². The molecule has 3 nitrogen and oxygen atoms in total. The Morgan fingerprint density at radius 3 is 1.69 bits per heavy atom. The Labute approximate surface area is 81.9 Å². The molecule has 0 bridgehead atoms. The van der Waals surface area contributed by atoms with Gasteiger partial charge in [0, 0.05) is 13.3 Å². The quantitative estimate of drug-likeness (QED) is 0.739. The second-order valence-electron chi connectivity index (χ2n) is 1.80. The molecular formula is C10H23NO2. The van der Waals surface area contributed by atoms with E-state index in [1.54, 1.807) is 6.92 Å². The van der Waals surface area contributed by atoms with E-state index in [1.807, 2.05) is 27.7 Å². The van der Waals surface area contributed by atoms with Crippen LogP contribution in [0.4, 0.5) is 0 Å². The molecule has 1 N–H and O–H groups in total. The van der Waals surface area contributed by atoms with E-state index in [0.717, 1.165) is 0 Å². The molecule has 80 valence electrons. The molecule has 0 aliphatic carbocycles. The van der Waals surface area contributed by atoms with Gasteiger partial charge < -0.3 is 5.32 Å². The molecule has 0 saturated carbocycles. The standard InChI is InChI=1S/C6H11NO2.2C2H6/c1-3-6(9)4-7-5(2)8;2*1-2/h3-4H2,1-2H3,(H,7,8);2*1-2H3. The third-order valence-corrected chi connectivity index (χ3v) is 0.929. The number of carbonyl (C=O) groups is 2. The van der Waals surface area contributed by atoms with Crippen LogP contribution >= 0.6 is 0 Å². The number of rotatable bonds is 3. The second kappa shape index (κ2) is 17.3. The Morgan fingerprint density at radius 1 is 1.08 bits per heavy atom. The average molecular weight is 189 g/mol. The molecule has 0 aromatic rings. The summed E-state index contributed by atoms with van der Waals surface area (Å²) < 4.78 is 0. The number of amides is 1. The first-order valence-corrected chi connectivity index (χ1v) is 4.93. The van der Waals surface area contributed by atoms with Gasteiger partial charge in [-0.25, -0.2) is 0 Å². The summed E-state index contributed by atoms with van der Waals surface area (Å²) in [5.41, 5.74) is 0. The smallest absolute Gasteiger partial charge is 0.217 e. The van der Waals surface area contributed by atoms with E-state index in [1.165, 1.54) is 6.92 Å². The molecule has 3 heteroatoms. The number of carbonyl (C=O) groups excluding carboxylic acids is 2. The van der Waals surface area contributed by atoms with Crippen LogP contribution in [0, 0.1) is 0 Å². The van der Waals surface area contributed by atoms with Crippen LogP contribution in [0.1, 0.15) is 48.0 Å². The van der Waals surface area contributed by atoms with Gasteiger partial charge in [0.2, 0.25) is 5.91 Å². The van der Waals surface area contributed by atoms with Gasteiger partial charge in [-0.2, -0.15) is 0 Å². The van der Waals surface area contributed by atoms with Crippen molar-refractivity contribution >= 4 is 11.7 Å². The van der Waals surface area contributed by atoms with E-state index >= 15 is 0 Å². The lowest BCUT2D eigenvalue weighted by Crippen LogP contribution is -2.26. The fraction of sp³-hybridized carbons (Fsp3) is 0.800. The molecule has 0 rings (SSSR count). The first kappa shape index (κ1) is 18.0. The van der Waals surface area contributed by atoms with Crippen molar-refractivity contribution in [2.45, 2.75) is 48.0 Å². The van der Waals surface area contributed by atoms with Gasteiger partial charge in [-0.3, -0.25) is 9.59 Å². The molecule has 0 spiro atoms. The molecule has 0 radical (unpaired) electrons. The lowest BCUT2D eigenvalue weighted by atomic mass is 10.3. The van der Waals surface area contributed by atoms with Crippen LogP contribution in [-0.4, -0.2) is 18.2 Å². The molecule has 0 aromatic carbocycles. The molecule has 0 aromatic heterocycles.